The number of nitrogens with two attached hydrogens (primary N) is 1. The first-order valence-electron chi connectivity index (χ1n) is 7.88. The summed E-state index contributed by atoms with van der Waals surface area (Å²) in [6.07, 6.45) is -4.26. The summed E-state index contributed by atoms with van der Waals surface area (Å²) in [6.45, 7) is 3.31. The minimum absolute atomic E-state index is 0.194. The standard InChI is InChI=1S/C18H19F3N2O3/c1-3-15(22)17(24)23-12-5-8-13(9-6-12)25-14-7-4-11(2)16(10-14)26-18(19,20)21/h4-10,15H,3,22H2,1-2H3,(H,23,24)/t15-/m1/s1. The van der Waals surface area contributed by atoms with Gasteiger partial charge in [-0.3, -0.25) is 4.79 Å². The zero-order valence-electron chi connectivity index (χ0n) is 14.3. The van der Waals surface area contributed by atoms with Crippen molar-refractivity contribution in [3.05, 3.63) is 48.0 Å². The molecule has 0 aliphatic carbocycles. The third-order valence-corrected chi connectivity index (χ3v) is 3.52. The second kappa shape index (κ2) is 8.09. The summed E-state index contributed by atoms with van der Waals surface area (Å²) in [4.78, 5) is 11.7. The Labute approximate surface area is 148 Å². The van der Waals surface area contributed by atoms with Gasteiger partial charge in [-0.15, -0.1) is 13.2 Å². The van der Waals surface area contributed by atoms with Crippen molar-refractivity contribution in [2.24, 2.45) is 5.73 Å². The zero-order valence-corrected chi connectivity index (χ0v) is 14.3. The lowest BCUT2D eigenvalue weighted by Gasteiger charge is -2.14. The molecule has 3 N–H and O–H groups in total. The average molecular weight is 368 g/mol. The Kier molecular flexibility index (Phi) is 6.10. The molecule has 0 fully saturated rings. The zero-order chi connectivity index (χ0) is 19.3. The maximum atomic E-state index is 12.4. The van der Waals surface area contributed by atoms with Gasteiger partial charge in [0.25, 0.3) is 0 Å². The van der Waals surface area contributed by atoms with Gasteiger partial charge in [-0.05, 0) is 49.2 Å². The van der Waals surface area contributed by atoms with E-state index in [1.54, 1.807) is 31.2 Å². The van der Waals surface area contributed by atoms with Gasteiger partial charge in [-0.25, -0.2) is 0 Å². The fourth-order valence-electron chi connectivity index (χ4n) is 2.04. The van der Waals surface area contributed by atoms with Crippen LogP contribution in [-0.4, -0.2) is 18.3 Å². The molecule has 0 aliphatic rings. The van der Waals surface area contributed by atoms with Crippen LogP contribution in [0.15, 0.2) is 42.5 Å². The van der Waals surface area contributed by atoms with Crippen molar-refractivity contribution in [3.63, 3.8) is 0 Å². The number of carbonyl (C=O) groups is 1. The smallest absolute Gasteiger partial charge is 0.457 e. The number of aryl methyl sites for hydroxylation is 1. The maximum absolute atomic E-state index is 12.4. The van der Waals surface area contributed by atoms with Gasteiger partial charge in [0.05, 0.1) is 6.04 Å². The van der Waals surface area contributed by atoms with Crippen LogP contribution in [0.4, 0.5) is 18.9 Å². The number of nitrogens with one attached hydrogen (secondary N) is 1. The van der Waals surface area contributed by atoms with Gasteiger partial charge in [0, 0.05) is 11.8 Å². The van der Waals surface area contributed by atoms with E-state index in [-0.39, 0.29) is 17.4 Å². The van der Waals surface area contributed by atoms with E-state index in [1.807, 2.05) is 0 Å². The van der Waals surface area contributed by atoms with Gasteiger partial charge in [-0.1, -0.05) is 13.0 Å². The number of benzene rings is 2. The Balaban J connectivity index is 2.07. The van der Waals surface area contributed by atoms with Crippen LogP contribution in [0.2, 0.25) is 0 Å². The fourth-order valence-corrected chi connectivity index (χ4v) is 2.04. The van der Waals surface area contributed by atoms with Gasteiger partial charge >= 0.3 is 6.36 Å². The Morgan fingerprint density at radius 1 is 1.15 bits per heavy atom. The molecule has 0 saturated heterocycles. The monoisotopic (exact) mass is 368 g/mol. The number of alkyl halides is 3. The Hall–Kier alpha value is -2.74. The second-order valence-electron chi connectivity index (χ2n) is 5.61. The highest BCUT2D eigenvalue weighted by molar-refractivity contribution is 5.94. The summed E-state index contributed by atoms with van der Waals surface area (Å²) in [7, 11) is 0. The van der Waals surface area contributed by atoms with Crippen molar-refractivity contribution in [2.45, 2.75) is 32.7 Å². The number of hydrogen-bond donors (Lipinski definition) is 2. The molecule has 0 heterocycles. The van der Waals surface area contributed by atoms with Gasteiger partial charge < -0.3 is 20.5 Å². The van der Waals surface area contributed by atoms with Crippen LogP contribution in [0.3, 0.4) is 0 Å². The predicted molar refractivity (Wildman–Crippen MR) is 91.3 cm³/mol. The number of halogens is 3. The molecular weight excluding hydrogens is 349 g/mol. The SMILES string of the molecule is CC[C@@H](N)C(=O)Nc1ccc(Oc2ccc(C)c(OC(F)(F)F)c2)cc1. The number of carbonyl (C=O) groups excluding carboxylic acids is 1. The number of rotatable bonds is 6. The highest BCUT2D eigenvalue weighted by Crippen LogP contribution is 2.32. The summed E-state index contributed by atoms with van der Waals surface area (Å²) in [5.41, 5.74) is 6.51. The van der Waals surface area contributed by atoms with E-state index in [0.717, 1.165) is 0 Å². The Bertz CT molecular complexity index is 761. The molecule has 2 rings (SSSR count). The average Bonchev–Trinajstić information content (AvgIpc) is 2.57. The van der Waals surface area contributed by atoms with E-state index < -0.39 is 12.4 Å². The summed E-state index contributed by atoms with van der Waals surface area (Å²) >= 11 is 0. The molecule has 0 aromatic heterocycles. The first kappa shape index (κ1) is 19.6. The third kappa shape index (κ3) is 5.66. The first-order valence-corrected chi connectivity index (χ1v) is 7.88. The number of hydrogen-bond acceptors (Lipinski definition) is 4. The summed E-state index contributed by atoms with van der Waals surface area (Å²) in [6, 6.07) is 9.96. The molecule has 2 aromatic rings. The Morgan fingerprint density at radius 2 is 1.77 bits per heavy atom. The normalized spacial score (nSPS) is 12.4. The molecule has 1 atom stereocenters. The topological polar surface area (TPSA) is 73.6 Å². The van der Waals surface area contributed by atoms with E-state index in [2.05, 4.69) is 10.1 Å². The van der Waals surface area contributed by atoms with Crippen LogP contribution in [0.5, 0.6) is 17.2 Å². The van der Waals surface area contributed by atoms with Crippen molar-refractivity contribution in [3.8, 4) is 17.2 Å². The van der Waals surface area contributed by atoms with Crippen molar-refractivity contribution in [1.29, 1.82) is 0 Å². The van der Waals surface area contributed by atoms with E-state index in [1.165, 1.54) is 25.1 Å². The van der Waals surface area contributed by atoms with E-state index in [4.69, 9.17) is 10.5 Å². The molecule has 140 valence electrons. The van der Waals surface area contributed by atoms with E-state index >= 15 is 0 Å². The van der Waals surface area contributed by atoms with Gasteiger partial charge in [0.2, 0.25) is 5.91 Å². The molecule has 26 heavy (non-hydrogen) atoms. The lowest BCUT2D eigenvalue weighted by Crippen LogP contribution is -2.34. The van der Waals surface area contributed by atoms with Crippen LogP contribution in [0.25, 0.3) is 0 Å². The highest BCUT2D eigenvalue weighted by atomic mass is 19.4. The highest BCUT2D eigenvalue weighted by Gasteiger charge is 2.31. The van der Waals surface area contributed by atoms with Gasteiger partial charge in [-0.2, -0.15) is 0 Å². The van der Waals surface area contributed by atoms with Crippen LogP contribution in [0.1, 0.15) is 18.9 Å². The van der Waals surface area contributed by atoms with Crippen molar-refractivity contribution in [2.75, 3.05) is 5.32 Å². The molecule has 0 saturated carbocycles. The fraction of sp³-hybridized carbons (Fsp3) is 0.278. The van der Waals surface area contributed by atoms with E-state index in [9.17, 15) is 18.0 Å². The minimum Gasteiger partial charge on any atom is -0.457 e. The molecule has 0 unspecified atom stereocenters. The molecule has 0 bridgehead atoms. The molecule has 0 spiro atoms. The van der Waals surface area contributed by atoms with Crippen LogP contribution in [-0.2, 0) is 4.79 Å². The first-order chi connectivity index (χ1) is 12.2. The summed E-state index contributed by atoms with van der Waals surface area (Å²) in [5, 5.41) is 2.66. The second-order valence-corrected chi connectivity index (χ2v) is 5.61. The molecule has 8 heteroatoms. The largest absolute Gasteiger partial charge is 0.573 e. The quantitative estimate of drug-likeness (QED) is 0.794. The van der Waals surface area contributed by atoms with Crippen LogP contribution < -0.4 is 20.5 Å². The predicted octanol–water partition coefficient (Wildman–Crippen LogP) is 4.36. The van der Waals surface area contributed by atoms with Crippen molar-refractivity contribution in [1.82, 2.24) is 0 Å². The van der Waals surface area contributed by atoms with Crippen LogP contribution >= 0.6 is 0 Å². The minimum atomic E-state index is -4.78. The van der Waals surface area contributed by atoms with Gasteiger partial charge in [0.1, 0.15) is 17.2 Å². The molecule has 0 radical (unpaired) electrons. The molecule has 0 aliphatic heterocycles. The maximum Gasteiger partial charge on any atom is 0.573 e. The van der Waals surface area contributed by atoms with E-state index in [0.29, 0.717) is 23.4 Å². The lowest BCUT2D eigenvalue weighted by molar-refractivity contribution is -0.274. The van der Waals surface area contributed by atoms with Crippen molar-refractivity contribution < 1.29 is 27.4 Å². The number of anilines is 1. The molecule has 2 aromatic carbocycles. The van der Waals surface area contributed by atoms with Gasteiger partial charge in [0.15, 0.2) is 0 Å². The third-order valence-electron chi connectivity index (χ3n) is 3.52. The summed E-state index contributed by atoms with van der Waals surface area (Å²) in [5.74, 6) is -0.0367. The Morgan fingerprint density at radius 3 is 2.35 bits per heavy atom. The van der Waals surface area contributed by atoms with Crippen LogP contribution in [0, 0.1) is 6.92 Å². The molecule has 1 amide bonds. The van der Waals surface area contributed by atoms with Crippen molar-refractivity contribution >= 4 is 11.6 Å². The summed E-state index contributed by atoms with van der Waals surface area (Å²) < 4.78 is 46.7. The number of ether oxygens (including phenoxy) is 2. The molecule has 5 nitrogen and oxygen atoms in total. The lowest BCUT2D eigenvalue weighted by atomic mass is 10.2. The molecular formula is C18H19F3N2O3. The number of amides is 1.